The number of rotatable bonds is 17. The van der Waals surface area contributed by atoms with Crippen LogP contribution in [-0.2, 0) is 20.8 Å². The smallest absolute Gasteiger partial charge is 0.247 e. The third-order valence-electron chi connectivity index (χ3n) is 9.89. The highest BCUT2D eigenvalue weighted by Crippen LogP contribution is 2.68. The number of carbonyl (C=O) groups is 3. The van der Waals surface area contributed by atoms with Gasteiger partial charge in [0.25, 0.3) is 0 Å². The van der Waals surface area contributed by atoms with E-state index in [0.717, 1.165) is 24.8 Å². The summed E-state index contributed by atoms with van der Waals surface area (Å²) >= 11 is 5.52. The van der Waals surface area contributed by atoms with Crippen molar-refractivity contribution in [3.05, 3.63) is 85.5 Å². The molecule has 0 aromatic heterocycles. The van der Waals surface area contributed by atoms with E-state index in [0.29, 0.717) is 44.0 Å². The number of hydrogen-bond acceptors (Lipinski definition) is 6. The van der Waals surface area contributed by atoms with Crippen molar-refractivity contribution in [1.29, 1.82) is 0 Å². The Morgan fingerprint density at radius 2 is 1.79 bits per heavy atom. The Labute approximate surface area is 297 Å². The van der Waals surface area contributed by atoms with Gasteiger partial charge in [0.15, 0.2) is 0 Å². The van der Waals surface area contributed by atoms with E-state index in [-0.39, 0.29) is 41.0 Å². The fourth-order valence-corrected chi connectivity index (χ4v) is 11.4. The quantitative estimate of drug-likeness (QED) is 0.124. The summed E-state index contributed by atoms with van der Waals surface area (Å²) < 4.78 is 4.80. The molecule has 3 amide bonds. The van der Waals surface area contributed by atoms with Gasteiger partial charge in [-0.25, -0.2) is 0 Å². The van der Waals surface area contributed by atoms with Crippen LogP contribution in [0.2, 0.25) is 0 Å². The zero-order chi connectivity index (χ0) is 34.4. The summed E-state index contributed by atoms with van der Waals surface area (Å²) in [4.78, 5) is 49.7. The predicted molar refractivity (Wildman–Crippen MR) is 197 cm³/mol. The standard InChI is InChI=1S/C38H48BrN3O5S/c1-5-9-13-22-40(20-6-2)37(46)34-38-24-30(39)33(48-38)31(35(44)41(21-7-3)27-16-18-29(19-17-27)47-8-4)32(38)36(45)42(34)28(25-43)23-26-14-11-10-12-15-26/h6-7,10-12,14-19,28,30-34,43H,2-3,5,8-9,13,20-25H2,1,4H3/t28-,30?,31-,32+,33-,34?,38?/m1/s1. The van der Waals surface area contributed by atoms with Crippen LogP contribution >= 0.6 is 27.7 Å². The van der Waals surface area contributed by atoms with Crippen LogP contribution in [0.3, 0.4) is 0 Å². The second-order valence-electron chi connectivity index (χ2n) is 12.9. The molecule has 3 fully saturated rings. The molecule has 2 bridgehead atoms. The number of anilines is 1. The number of halogens is 1. The van der Waals surface area contributed by atoms with Gasteiger partial charge in [0.2, 0.25) is 17.7 Å². The molecule has 7 atom stereocenters. The molecule has 3 saturated heterocycles. The van der Waals surface area contributed by atoms with Gasteiger partial charge in [0.1, 0.15) is 11.8 Å². The minimum Gasteiger partial charge on any atom is -0.494 e. The number of likely N-dealkylation sites (tertiary alicyclic amines) is 1. The van der Waals surface area contributed by atoms with Gasteiger partial charge in [-0.1, -0.05) is 78.2 Å². The van der Waals surface area contributed by atoms with Crippen LogP contribution < -0.4 is 9.64 Å². The van der Waals surface area contributed by atoms with Gasteiger partial charge < -0.3 is 24.5 Å². The molecule has 2 aromatic carbocycles. The fourth-order valence-electron chi connectivity index (χ4n) is 7.85. The molecule has 5 rings (SSSR count). The maximum absolute atomic E-state index is 15.0. The van der Waals surface area contributed by atoms with E-state index in [1.165, 1.54) is 0 Å². The second-order valence-corrected chi connectivity index (χ2v) is 15.6. The van der Waals surface area contributed by atoms with Gasteiger partial charge in [-0.15, -0.1) is 24.9 Å². The molecular weight excluding hydrogens is 690 g/mol. The lowest BCUT2D eigenvalue weighted by Gasteiger charge is -2.40. The Morgan fingerprint density at radius 3 is 2.42 bits per heavy atom. The van der Waals surface area contributed by atoms with E-state index < -0.39 is 28.7 Å². The van der Waals surface area contributed by atoms with Crippen LogP contribution in [-0.4, -0.2) is 92.4 Å². The van der Waals surface area contributed by atoms with Crippen molar-refractivity contribution in [3.63, 3.8) is 0 Å². The number of benzene rings is 2. The Morgan fingerprint density at radius 1 is 1.08 bits per heavy atom. The molecule has 48 heavy (non-hydrogen) atoms. The van der Waals surface area contributed by atoms with Crippen molar-refractivity contribution in [2.45, 2.75) is 72.9 Å². The average Bonchev–Trinajstić information content (AvgIpc) is 3.69. The first-order valence-corrected chi connectivity index (χ1v) is 18.9. The molecule has 1 spiro atoms. The molecule has 0 radical (unpaired) electrons. The van der Waals surface area contributed by atoms with Crippen molar-refractivity contribution < 1.29 is 24.2 Å². The van der Waals surface area contributed by atoms with Crippen molar-refractivity contribution in [2.24, 2.45) is 11.8 Å². The number of hydrogen-bond donors (Lipinski definition) is 1. The third-order valence-corrected chi connectivity index (χ3v) is 13.1. The summed E-state index contributed by atoms with van der Waals surface area (Å²) in [6.45, 7) is 13.3. The van der Waals surface area contributed by atoms with Crippen LogP contribution in [0.5, 0.6) is 5.75 Å². The SMILES string of the molecule is C=CCN(CCCCC)C(=O)C1N([C@@H](CO)Cc2ccccc2)C(=O)[C@@H]2[C@@H](C(=O)N(CC=C)c3ccc(OCC)cc3)[C@@H]3SC12CC3Br. The van der Waals surface area contributed by atoms with Crippen molar-refractivity contribution in [1.82, 2.24) is 9.80 Å². The third kappa shape index (κ3) is 6.85. The number of nitrogens with zero attached hydrogens (tertiary/aromatic N) is 3. The molecule has 10 heteroatoms. The van der Waals surface area contributed by atoms with Crippen LogP contribution in [0.25, 0.3) is 0 Å². The average molecular weight is 739 g/mol. The molecule has 1 N–H and O–H groups in total. The number of amides is 3. The molecular formula is C38H48BrN3O5S. The minimum atomic E-state index is -0.833. The van der Waals surface area contributed by atoms with Crippen LogP contribution in [0.4, 0.5) is 5.69 Å². The van der Waals surface area contributed by atoms with E-state index >= 15 is 0 Å². The number of fused-ring (bicyclic) bond motifs is 1. The van der Waals surface area contributed by atoms with Gasteiger partial charge in [0, 0.05) is 35.4 Å². The van der Waals surface area contributed by atoms with Crippen LogP contribution in [0, 0.1) is 11.8 Å². The lowest BCUT2D eigenvalue weighted by atomic mass is 9.70. The first-order valence-electron chi connectivity index (χ1n) is 17.1. The van der Waals surface area contributed by atoms with Crippen molar-refractivity contribution in [2.75, 3.05) is 37.7 Å². The van der Waals surface area contributed by atoms with Crippen molar-refractivity contribution in [3.8, 4) is 5.75 Å². The fraction of sp³-hybridized carbons (Fsp3) is 0.500. The first-order chi connectivity index (χ1) is 23.3. The van der Waals surface area contributed by atoms with E-state index in [2.05, 4.69) is 36.0 Å². The predicted octanol–water partition coefficient (Wildman–Crippen LogP) is 5.88. The number of thioether (sulfide) groups is 1. The number of ether oxygens (including phenoxy) is 1. The highest BCUT2D eigenvalue weighted by atomic mass is 79.9. The Bertz CT molecular complexity index is 1460. The molecule has 0 aliphatic carbocycles. The topological polar surface area (TPSA) is 90.4 Å². The molecule has 2 aromatic rings. The van der Waals surface area contributed by atoms with Gasteiger partial charge in [-0.05, 0) is 56.0 Å². The second kappa shape index (κ2) is 16.1. The highest BCUT2D eigenvalue weighted by molar-refractivity contribution is 9.09. The number of aliphatic hydroxyl groups excluding tert-OH is 1. The lowest BCUT2D eigenvalue weighted by Crippen LogP contribution is -2.58. The van der Waals surface area contributed by atoms with Crippen LogP contribution in [0.1, 0.15) is 45.1 Å². The van der Waals surface area contributed by atoms with E-state index in [1.54, 1.807) is 33.7 Å². The Balaban J connectivity index is 1.57. The monoisotopic (exact) mass is 737 g/mol. The summed E-state index contributed by atoms with van der Waals surface area (Å²) in [6.07, 6.45) is 7.23. The largest absolute Gasteiger partial charge is 0.494 e. The van der Waals surface area contributed by atoms with Crippen molar-refractivity contribution >= 4 is 51.1 Å². The Kier molecular flexibility index (Phi) is 12.1. The maximum Gasteiger partial charge on any atom is 0.247 e. The normalized spacial score (nSPS) is 26.2. The number of alkyl halides is 1. The molecule has 3 aliphatic rings. The molecule has 258 valence electrons. The van der Waals surface area contributed by atoms with Crippen LogP contribution in [0.15, 0.2) is 79.9 Å². The summed E-state index contributed by atoms with van der Waals surface area (Å²) in [5.41, 5.74) is 1.66. The molecule has 3 heterocycles. The molecule has 0 saturated carbocycles. The molecule has 3 unspecified atom stereocenters. The molecule has 8 nitrogen and oxygen atoms in total. The number of carbonyl (C=O) groups excluding carboxylic acids is 3. The summed E-state index contributed by atoms with van der Waals surface area (Å²) in [5.74, 6) is -1.21. The summed E-state index contributed by atoms with van der Waals surface area (Å²) in [6, 6.07) is 15.7. The molecule has 3 aliphatic heterocycles. The minimum absolute atomic E-state index is 0.0729. The summed E-state index contributed by atoms with van der Waals surface area (Å²) in [5, 5.41) is 10.7. The van der Waals surface area contributed by atoms with E-state index in [9.17, 15) is 19.5 Å². The van der Waals surface area contributed by atoms with Gasteiger partial charge in [-0.2, -0.15) is 0 Å². The van der Waals surface area contributed by atoms with Gasteiger partial charge in [-0.3, -0.25) is 14.4 Å². The number of unbranched alkanes of at least 4 members (excludes halogenated alkanes) is 2. The summed E-state index contributed by atoms with van der Waals surface area (Å²) in [7, 11) is 0. The Hall–Kier alpha value is -3.08. The highest BCUT2D eigenvalue weighted by Gasteiger charge is 2.76. The van der Waals surface area contributed by atoms with Gasteiger partial charge >= 0.3 is 0 Å². The van der Waals surface area contributed by atoms with E-state index in [4.69, 9.17) is 4.74 Å². The number of aliphatic hydroxyl groups is 1. The van der Waals surface area contributed by atoms with Gasteiger partial charge in [0.05, 0.1) is 35.8 Å². The van der Waals surface area contributed by atoms with E-state index in [1.807, 2.05) is 66.4 Å². The zero-order valence-corrected chi connectivity index (χ0v) is 30.4. The lowest BCUT2D eigenvalue weighted by molar-refractivity contribution is -0.145. The zero-order valence-electron chi connectivity index (χ0n) is 28.0. The first kappa shape index (κ1) is 36.2. The maximum atomic E-state index is 15.0.